The number of carboxylic acid groups (broad SMARTS) is 2. The minimum absolute atomic E-state index is 0. The van der Waals surface area contributed by atoms with Crippen LogP contribution in [-0.4, -0.2) is 11.9 Å². The number of carboxylic acids is 2. The van der Waals surface area contributed by atoms with E-state index in [1.807, 2.05) is 0 Å². The standard InChI is InChI=1S/2C5H5NO3.Fe/c2*7-5(8)4-2-1-3-9-6-4;/h2*1-3,6H,(H,7,8);/q;;+2/p-2. The maximum absolute atomic E-state index is 10.00. The normalized spacial score (nSPS) is 14.5. The van der Waals surface area contributed by atoms with Gasteiger partial charge >= 0.3 is 17.1 Å². The first-order chi connectivity index (χ1) is 8.61. The van der Waals surface area contributed by atoms with Gasteiger partial charge in [-0.15, -0.1) is 0 Å². The molecule has 0 saturated carbocycles. The van der Waals surface area contributed by atoms with E-state index in [9.17, 15) is 19.8 Å². The SMILES string of the molecule is O=C([O-])C1=CC=CON1.O=C([O-])C1=CC=CON1.[Fe+2]. The molecular formula is C10H8FeN2O6. The molecule has 2 heterocycles. The molecule has 19 heavy (non-hydrogen) atoms. The van der Waals surface area contributed by atoms with Gasteiger partial charge in [0, 0.05) is 0 Å². The average molecular weight is 308 g/mol. The molecule has 0 amide bonds. The van der Waals surface area contributed by atoms with Crippen molar-refractivity contribution in [1.82, 2.24) is 11.0 Å². The number of aliphatic carboxylic acids is 2. The maximum Gasteiger partial charge on any atom is 2.00 e. The van der Waals surface area contributed by atoms with Crippen molar-refractivity contribution in [3.63, 3.8) is 0 Å². The summed E-state index contributed by atoms with van der Waals surface area (Å²) in [6.45, 7) is 0. The monoisotopic (exact) mass is 308 g/mol. The molecule has 0 saturated heterocycles. The Bertz CT molecular complexity index is 413. The van der Waals surface area contributed by atoms with Gasteiger partial charge in [0.1, 0.15) is 12.5 Å². The van der Waals surface area contributed by atoms with Crippen LogP contribution in [0.2, 0.25) is 0 Å². The summed E-state index contributed by atoms with van der Waals surface area (Å²) < 4.78 is 0. The number of nitrogens with one attached hydrogen (secondary N) is 2. The molecule has 2 rings (SSSR count). The predicted octanol–water partition coefficient (Wildman–Crippen LogP) is -2.67. The van der Waals surface area contributed by atoms with Gasteiger partial charge in [0.25, 0.3) is 0 Å². The fraction of sp³-hybridized carbons (Fsp3) is 0. The largest absolute Gasteiger partial charge is 2.00 e. The quantitative estimate of drug-likeness (QED) is 0.530. The summed E-state index contributed by atoms with van der Waals surface area (Å²) in [5.74, 6) is -2.56. The molecule has 2 aliphatic rings. The summed E-state index contributed by atoms with van der Waals surface area (Å²) in [6, 6.07) is 0. The van der Waals surface area contributed by atoms with Crippen LogP contribution in [-0.2, 0) is 36.3 Å². The molecule has 0 aromatic rings. The van der Waals surface area contributed by atoms with Gasteiger partial charge in [-0.2, -0.15) is 0 Å². The zero-order valence-corrected chi connectivity index (χ0v) is 10.4. The first-order valence-corrected chi connectivity index (χ1v) is 4.61. The molecule has 0 aromatic heterocycles. The minimum atomic E-state index is -1.28. The van der Waals surface area contributed by atoms with Gasteiger partial charge in [0.05, 0.1) is 23.3 Å². The van der Waals surface area contributed by atoms with Gasteiger partial charge in [-0.05, 0) is 24.3 Å². The maximum atomic E-state index is 10.00. The van der Waals surface area contributed by atoms with Crippen molar-refractivity contribution >= 4 is 11.9 Å². The summed E-state index contributed by atoms with van der Waals surface area (Å²) in [5.41, 5.74) is 4.12. The van der Waals surface area contributed by atoms with Gasteiger partial charge in [0.2, 0.25) is 0 Å². The van der Waals surface area contributed by atoms with E-state index in [0.29, 0.717) is 0 Å². The smallest absolute Gasteiger partial charge is 0.543 e. The minimum Gasteiger partial charge on any atom is -0.543 e. The van der Waals surface area contributed by atoms with Gasteiger partial charge in [-0.3, -0.25) is 0 Å². The van der Waals surface area contributed by atoms with Gasteiger partial charge in [0.15, 0.2) is 0 Å². The molecule has 2 N–H and O–H groups in total. The van der Waals surface area contributed by atoms with Crippen LogP contribution in [0.1, 0.15) is 0 Å². The molecule has 102 valence electrons. The Balaban J connectivity index is 0.000000324. The van der Waals surface area contributed by atoms with E-state index >= 15 is 0 Å². The topological polar surface area (TPSA) is 123 Å². The van der Waals surface area contributed by atoms with Crippen molar-refractivity contribution in [2.24, 2.45) is 0 Å². The molecule has 0 aromatic carbocycles. The Kier molecular flexibility index (Phi) is 7.59. The van der Waals surface area contributed by atoms with Crippen molar-refractivity contribution in [3.05, 3.63) is 48.2 Å². The summed E-state index contributed by atoms with van der Waals surface area (Å²) in [7, 11) is 0. The summed E-state index contributed by atoms with van der Waals surface area (Å²) in [6.07, 6.45) is 8.26. The molecule has 0 spiro atoms. The molecule has 8 nitrogen and oxygen atoms in total. The molecule has 0 fully saturated rings. The second-order valence-corrected chi connectivity index (χ2v) is 2.83. The van der Waals surface area contributed by atoms with Gasteiger partial charge < -0.3 is 29.5 Å². The number of allylic oxidation sites excluding steroid dienone is 4. The van der Waals surface area contributed by atoms with E-state index in [-0.39, 0.29) is 28.5 Å². The van der Waals surface area contributed by atoms with Crippen molar-refractivity contribution in [2.75, 3.05) is 0 Å². The number of hydrogen-bond donors (Lipinski definition) is 2. The van der Waals surface area contributed by atoms with E-state index < -0.39 is 11.9 Å². The Labute approximate surface area is 118 Å². The average Bonchev–Trinajstić information content (AvgIpc) is 2.41. The number of hydroxylamine groups is 2. The first kappa shape index (κ1) is 16.6. The summed E-state index contributed by atoms with van der Waals surface area (Å²) in [5, 5.41) is 20.0. The van der Waals surface area contributed by atoms with Crippen molar-refractivity contribution < 1.29 is 46.5 Å². The number of hydrogen-bond acceptors (Lipinski definition) is 8. The van der Waals surface area contributed by atoms with E-state index in [4.69, 9.17) is 0 Å². The molecule has 0 radical (unpaired) electrons. The van der Waals surface area contributed by atoms with Gasteiger partial charge in [-0.1, -0.05) is 0 Å². The number of carbonyl (C=O) groups excluding carboxylic acids is 2. The Hall–Kier alpha value is -2.38. The van der Waals surface area contributed by atoms with E-state index in [1.54, 1.807) is 0 Å². The van der Waals surface area contributed by atoms with Crippen LogP contribution in [0.15, 0.2) is 48.2 Å². The second kappa shape index (κ2) is 8.67. The number of rotatable bonds is 2. The van der Waals surface area contributed by atoms with E-state index in [0.717, 1.165) is 0 Å². The fourth-order valence-electron chi connectivity index (χ4n) is 0.832. The summed E-state index contributed by atoms with van der Waals surface area (Å²) >= 11 is 0. The zero-order valence-electron chi connectivity index (χ0n) is 9.27. The third-order valence-corrected chi connectivity index (χ3v) is 1.60. The van der Waals surface area contributed by atoms with E-state index in [2.05, 4.69) is 20.6 Å². The third kappa shape index (κ3) is 6.20. The first-order valence-electron chi connectivity index (χ1n) is 4.61. The van der Waals surface area contributed by atoms with E-state index in [1.165, 1.54) is 36.8 Å². The number of carbonyl (C=O) groups is 2. The molecule has 0 unspecified atom stereocenters. The third-order valence-electron chi connectivity index (χ3n) is 1.60. The Morgan fingerprint density at radius 3 is 1.42 bits per heavy atom. The van der Waals surface area contributed by atoms with Crippen LogP contribution in [0, 0.1) is 0 Å². The van der Waals surface area contributed by atoms with Crippen LogP contribution in [0.25, 0.3) is 0 Å². The van der Waals surface area contributed by atoms with Crippen LogP contribution in [0.4, 0.5) is 0 Å². The molecule has 0 atom stereocenters. The van der Waals surface area contributed by atoms with Gasteiger partial charge in [-0.25, -0.2) is 11.0 Å². The Morgan fingerprint density at radius 1 is 0.895 bits per heavy atom. The molecule has 0 aliphatic carbocycles. The predicted molar refractivity (Wildman–Crippen MR) is 52.9 cm³/mol. The summed E-state index contributed by atoms with van der Waals surface area (Å²) in [4.78, 5) is 28.8. The van der Waals surface area contributed by atoms with Crippen LogP contribution in [0.5, 0.6) is 0 Å². The zero-order chi connectivity index (χ0) is 13.4. The van der Waals surface area contributed by atoms with Crippen LogP contribution >= 0.6 is 0 Å². The van der Waals surface area contributed by atoms with Crippen molar-refractivity contribution in [1.29, 1.82) is 0 Å². The second-order valence-electron chi connectivity index (χ2n) is 2.83. The van der Waals surface area contributed by atoms with Crippen LogP contribution < -0.4 is 21.2 Å². The van der Waals surface area contributed by atoms with Crippen molar-refractivity contribution in [3.8, 4) is 0 Å². The molecule has 2 aliphatic heterocycles. The molecular weight excluding hydrogens is 300 g/mol. The Morgan fingerprint density at radius 2 is 1.26 bits per heavy atom. The van der Waals surface area contributed by atoms with Crippen LogP contribution in [0.3, 0.4) is 0 Å². The molecule has 9 heteroatoms. The van der Waals surface area contributed by atoms with Crippen molar-refractivity contribution in [2.45, 2.75) is 0 Å². The molecule has 0 bridgehead atoms. The fourth-order valence-corrected chi connectivity index (χ4v) is 0.832.